The third-order valence-corrected chi connectivity index (χ3v) is 3.48. The fourth-order valence-corrected chi connectivity index (χ4v) is 2.39. The molecule has 130 valence electrons. The van der Waals surface area contributed by atoms with E-state index >= 15 is 0 Å². The predicted molar refractivity (Wildman–Crippen MR) is 83.4 cm³/mol. The number of hydrogen-bond donors (Lipinski definition) is 1. The van der Waals surface area contributed by atoms with Crippen molar-refractivity contribution in [2.24, 2.45) is 0 Å². The lowest BCUT2D eigenvalue weighted by atomic mass is 10.1. The van der Waals surface area contributed by atoms with E-state index in [4.69, 9.17) is 0 Å². The van der Waals surface area contributed by atoms with Crippen molar-refractivity contribution in [3.05, 3.63) is 59.4 Å². The van der Waals surface area contributed by atoms with Crippen LogP contribution in [0.1, 0.15) is 21.7 Å². The van der Waals surface area contributed by atoms with Gasteiger partial charge in [0.05, 0.1) is 23.7 Å². The number of imidazole rings is 1. The van der Waals surface area contributed by atoms with Gasteiger partial charge in [0.15, 0.2) is 0 Å². The summed E-state index contributed by atoms with van der Waals surface area (Å²) in [5, 5.41) is 0. The molecule has 0 unspecified atom stereocenters. The Labute approximate surface area is 140 Å². The molecule has 1 heterocycles. The van der Waals surface area contributed by atoms with E-state index in [1.165, 1.54) is 31.4 Å². The minimum atomic E-state index is -4.71. The van der Waals surface area contributed by atoms with E-state index in [-0.39, 0.29) is 5.75 Å². The highest BCUT2D eigenvalue weighted by Gasteiger charge is 2.30. The molecule has 0 saturated carbocycles. The number of carbonyl (C=O) groups is 1. The average Bonchev–Trinajstić information content (AvgIpc) is 2.96. The van der Waals surface area contributed by atoms with E-state index in [1.54, 1.807) is 18.2 Å². The topological polar surface area (TPSA) is 64.2 Å². The summed E-state index contributed by atoms with van der Waals surface area (Å²) >= 11 is 0. The lowest BCUT2D eigenvalue weighted by Crippen LogP contribution is -2.17. The maximum absolute atomic E-state index is 12.2. The van der Waals surface area contributed by atoms with Crippen LogP contribution in [0.25, 0.3) is 11.0 Å². The SMILES string of the molecule is COC(=O)c1ccc2nc(Cc3ccc(OC(F)(F)F)cc3)[nH]c2c1. The molecule has 5 nitrogen and oxygen atoms in total. The molecular weight excluding hydrogens is 337 g/mol. The standard InChI is InChI=1S/C17H13F3N2O3/c1-24-16(23)11-4-7-13-14(9-11)22-15(21-13)8-10-2-5-12(6-3-10)25-17(18,19)20/h2-7,9H,8H2,1H3,(H,21,22). The van der Waals surface area contributed by atoms with Crippen LogP contribution in [0.2, 0.25) is 0 Å². The Balaban J connectivity index is 1.77. The van der Waals surface area contributed by atoms with Gasteiger partial charge in [-0.25, -0.2) is 9.78 Å². The van der Waals surface area contributed by atoms with E-state index in [0.717, 1.165) is 5.56 Å². The lowest BCUT2D eigenvalue weighted by molar-refractivity contribution is -0.274. The van der Waals surface area contributed by atoms with Crippen LogP contribution in [0.5, 0.6) is 5.75 Å². The highest BCUT2D eigenvalue weighted by Crippen LogP contribution is 2.23. The average molecular weight is 350 g/mol. The van der Waals surface area contributed by atoms with E-state index in [2.05, 4.69) is 19.4 Å². The zero-order valence-corrected chi connectivity index (χ0v) is 13.1. The molecule has 0 aliphatic carbocycles. The monoisotopic (exact) mass is 350 g/mol. The molecule has 0 saturated heterocycles. The summed E-state index contributed by atoms with van der Waals surface area (Å²) in [6, 6.07) is 10.5. The second-order valence-corrected chi connectivity index (χ2v) is 5.28. The van der Waals surface area contributed by atoms with Gasteiger partial charge in [-0.05, 0) is 35.9 Å². The van der Waals surface area contributed by atoms with Crippen molar-refractivity contribution >= 4 is 17.0 Å². The molecule has 0 bridgehead atoms. The summed E-state index contributed by atoms with van der Waals surface area (Å²) in [6.07, 6.45) is -4.31. The van der Waals surface area contributed by atoms with Crippen molar-refractivity contribution in [3.8, 4) is 5.75 Å². The van der Waals surface area contributed by atoms with Gasteiger partial charge < -0.3 is 14.5 Å². The van der Waals surface area contributed by atoms with Gasteiger partial charge in [0.25, 0.3) is 0 Å². The zero-order valence-electron chi connectivity index (χ0n) is 13.1. The minimum absolute atomic E-state index is 0.274. The Morgan fingerprint density at radius 3 is 2.52 bits per heavy atom. The molecule has 1 aromatic heterocycles. The number of rotatable bonds is 4. The molecule has 0 fully saturated rings. The Morgan fingerprint density at radius 2 is 1.88 bits per heavy atom. The Morgan fingerprint density at radius 1 is 1.16 bits per heavy atom. The largest absolute Gasteiger partial charge is 0.573 e. The number of methoxy groups -OCH3 is 1. The predicted octanol–water partition coefficient (Wildman–Crippen LogP) is 3.84. The molecule has 0 radical (unpaired) electrons. The van der Waals surface area contributed by atoms with Crippen molar-refractivity contribution in [2.75, 3.05) is 7.11 Å². The fourth-order valence-electron chi connectivity index (χ4n) is 2.39. The molecule has 25 heavy (non-hydrogen) atoms. The number of aromatic amines is 1. The molecule has 0 aliphatic rings. The number of halogens is 3. The van der Waals surface area contributed by atoms with E-state index < -0.39 is 12.3 Å². The Hall–Kier alpha value is -3.03. The van der Waals surface area contributed by atoms with Crippen molar-refractivity contribution in [3.63, 3.8) is 0 Å². The lowest BCUT2D eigenvalue weighted by Gasteiger charge is -2.08. The number of aromatic nitrogens is 2. The molecule has 2 aromatic carbocycles. The first-order valence-electron chi connectivity index (χ1n) is 7.26. The van der Waals surface area contributed by atoms with Crippen molar-refractivity contribution in [1.29, 1.82) is 0 Å². The maximum atomic E-state index is 12.2. The molecular formula is C17H13F3N2O3. The van der Waals surface area contributed by atoms with Crippen LogP contribution < -0.4 is 4.74 Å². The van der Waals surface area contributed by atoms with Crippen LogP contribution >= 0.6 is 0 Å². The number of alkyl halides is 3. The number of esters is 1. The van der Waals surface area contributed by atoms with E-state index in [0.29, 0.717) is 28.8 Å². The van der Waals surface area contributed by atoms with Crippen LogP contribution in [-0.4, -0.2) is 29.4 Å². The second-order valence-electron chi connectivity index (χ2n) is 5.28. The first kappa shape index (κ1) is 16.8. The number of ether oxygens (including phenoxy) is 2. The smallest absolute Gasteiger partial charge is 0.465 e. The first-order chi connectivity index (χ1) is 11.8. The Bertz CT molecular complexity index is 902. The number of nitrogens with one attached hydrogen (secondary N) is 1. The third-order valence-electron chi connectivity index (χ3n) is 3.48. The number of H-pyrrole nitrogens is 1. The van der Waals surface area contributed by atoms with Crippen LogP contribution in [0, 0.1) is 0 Å². The van der Waals surface area contributed by atoms with Gasteiger partial charge in [-0.2, -0.15) is 0 Å². The molecule has 3 rings (SSSR count). The highest BCUT2D eigenvalue weighted by atomic mass is 19.4. The molecule has 1 N–H and O–H groups in total. The number of hydrogen-bond acceptors (Lipinski definition) is 4. The van der Waals surface area contributed by atoms with Gasteiger partial charge in [0.1, 0.15) is 11.6 Å². The maximum Gasteiger partial charge on any atom is 0.573 e. The molecule has 0 amide bonds. The quantitative estimate of drug-likeness (QED) is 0.726. The summed E-state index contributed by atoms with van der Waals surface area (Å²) in [5.41, 5.74) is 2.52. The first-order valence-corrected chi connectivity index (χ1v) is 7.26. The van der Waals surface area contributed by atoms with Gasteiger partial charge in [-0.15, -0.1) is 13.2 Å². The number of benzene rings is 2. The van der Waals surface area contributed by atoms with Gasteiger partial charge in [-0.1, -0.05) is 12.1 Å². The van der Waals surface area contributed by atoms with E-state index in [1.807, 2.05) is 0 Å². The fraction of sp³-hybridized carbons (Fsp3) is 0.176. The van der Waals surface area contributed by atoms with Gasteiger partial charge >= 0.3 is 12.3 Å². The summed E-state index contributed by atoms with van der Waals surface area (Å²) in [7, 11) is 1.30. The van der Waals surface area contributed by atoms with E-state index in [9.17, 15) is 18.0 Å². The summed E-state index contributed by atoms with van der Waals surface area (Å²) < 4.78 is 45.0. The van der Waals surface area contributed by atoms with Crippen LogP contribution in [0.3, 0.4) is 0 Å². The third kappa shape index (κ3) is 4.09. The second kappa shape index (κ2) is 6.46. The highest BCUT2D eigenvalue weighted by molar-refractivity contribution is 5.93. The van der Waals surface area contributed by atoms with Crippen LogP contribution in [-0.2, 0) is 11.2 Å². The molecule has 3 aromatic rings. The number of carbonyl (C=O) groups excluding carboxylic acids is 1. The number of nitrogens with zero attached hydrogens (tertiary/aromatic N) is 1. The van der Waals surface area contributed by atoms with Gasteiger partial charge in [-0.3, -0.25) is 0 Å². The van der Waals surface area contributed by atoms with Crippen molar-refractivity contribution < 1.29 is 27.4 Å². The van der Waals surface area contributed by atoms with Gasteiger partial charge in [0, 0.05) is 6.42 Å². The number of fused-ring (bicyclic) bond motifs is 1. The Kier molecular flexibility index (Phi) is 4.35. The summed E-state index contributed by atoms with van der Waals surface area (Å²) in [6.45, 7) is 0. The summed E-state index contributed by atoms with van der Waals surface area (Å²) in [4.78, 5) is 19.0. The minimum Gasteiger partial charge on any atom is -0.465 e. The van der Waals surface area contributed by atoms with Crippen molar-refractivity contribution in [1.82, 2.24) is 9.97 Å². The van der Waals surface area contributed by atoms with Crippen LogP contribution in [0.15, 0.2) is 42.5 Å². The molecule has 0 spiro atoms. The van der Waals surface area contributed by atoms with Crippen molar-refractivity contribution in [2.45, 2.75) is 12.8 Å². The molecule has 8 heteroatoms. The molecule has 0 atom stereocenters. The van der Waals surface area contributed by atoms with Crippen LogP contribution in [0.4, 0.5) is 13.2 Å². The van der Waals surface area contributed by atoms with Gasteiger partial charge in [0.2, 0.25) is 0 Å². The summed E-state index contributed by atoms with van der Waals surface area (Å²) in [5.74, 6) is -0.0941. The normalized spacial score (nSPS) is 11.5. The molecule has 0 aliphatic heterocycles. The zero-order chi connectivity index (χ0) is 18.0.